The van der Waals surface area contributed by atoms with Gasteiger partial charge in [-0.2, -0.15) is 0 Å². The molecular weight excluding hydrogens is 286 g/mol. The lowest BCUT2D eigenvalue weighted by atomic mass is 10.1. The molecule has 0 aliphatic carbocycles. The predicted molar refractivity (Wildman–Crippen MR) is 86.9 cm³/mol. The van der Waals surface area contributed by atoms with Crippen LogP contribution in [0.5, 0.6) is 0 Å². The number of alkyl halides is 1. The smallest absolute Gasteiger partial charge is 0.157 e. The first-order valence-electron chi connectivity index (χ1n) is 6.84. The number of nitrogens with one attached hydrogen (secondary N) is 1. The largest absolute Gasteiger partial charge is 0.454 e. The van der Waals surface area contributed by atoms with Crippen LogP contribution in [-0.4, -0.2) is 23.6 Å². The zero-order chi connectivity index (χ0) is 14.7. The van der Waals surface area contributed by atoms with Crippen LogP contribution in [0.2, 0.25) is 0 Å². The molecule has 0 saturated carbocycles. The zero-order valence-electron chi connectivity index (χ0n) is 11.4. The summed E-state index contributed by atoms with van der Waals surface area (Å²) in [6, 6.07) is 17.9. The molecule has 1 atom stereocenters. The first-order chi connectivity index (χ1) is 10.3. The molecule has 1 unspecified atom stereocenters. The Bertz CT molecular complexity index is 724. The van der Waals surface area contributed by atoms with Gasteiger partial charge in [0.1, 0.15) is 5.76 Å². The lowest BCUT2D eigenvalue weighted by Crippen LogP contribution is -2.20. The lowest BCUT2D eigenvalue weighted by molar-refractivity contribution is 0.211. The SMILES string of the molecule is OC(CCl)CNc1cccc2cc(-c3ccccc3)oc12. The Labute approximate surface area is 128 Å². The molecule has 0 aliphatic heterocycles. The molecule has 0 bridgehead atoms. The number of furan rings is 1. The first kappa shape index (κ1) is 14.0. The van der Waals surface area contributed by atoms with E-state index in [0.717, 1.165) is 28.0 Å². The van der Waals surface area contributed by atoms with Crippen molar-refractivity contribution in [2.24, 2.45) is 0 Å². The van der Waals surface area contributed by atoms with E-state index in [9.17, 15) is 5.11 Å². The number of benzene rings is 2. The minimum Gasteiger partial charge on any atom is -0.454 e. The summed E-state index contributed by atoms with van der Waals surface area (Å²) >= 11 is 5.61. The molecule has 0 aliphatic rings. The Balaban J connectivity index is 1.94. The van der Waals surface area contributed by atoms with E-state index in [4.69, 9.17) is 16.0 Å². The topological polar surface area (TPSA) is 45.4 Å². The van der Waals surface area contributed by atoms with Gasteiger partial charge in [-0.3, -0.25) is 0 Å². The zero-order valence-corrected chi connectivity index (χ0v) is 12.2. The Morgan fingerprint density at radius 3 is 2.67 bits per heavy atom. The number of hydrogen-bond donors (Lipinski definition) is 2. The molecule has 0 amide bonds. The lowest BCUT2D eigenvalue weighted by Gasteiger charge is -2.10. The number of hydrogen-bond acceptors (Lipinski definition) is 3. The second-order valence-electron chi connectivity index (χ2n) is 4.89. The molecule has 1 heterocycles. The summed E-state index contributed by atoms with van der Waals surface area (Å²) in [6.07, 6.45) is -0.578. The van der Waals surface area contributed by atoms with Gasteiger partial charge in [-0.15, -0.1) is 11.6 Å². The van der Waals surface area contributed by atoms with Crippen molar-refractivity contribution in [2.45, 2.75) is 6.10 Å². The van der Waals surface area contributed by atoms with Gasteiger partial charge in [0.25, 0.3) is 0 Å². The molecular formula is C17H16ClNO2. The maximum Gasteiger partial charge on any atom is 0.157 e. The van der Waals surface area contributed by atoms with Crippen LogP contribution in [0.4, 0.5) is 5.69 Å². The van der Waals surface area contributed by atoms with Gasteiger partial charge >= 0.3 is 0 Å². The van der Waals surface area contributed by atoms with Crippen LogP contribution in [0.25, 0.3) is 22.3 Å². The fourth-order valence-electron chi connectivity index (χ4n) is 2.23. The summed E-state index contributed by atoms with van der Waals surface area (Å²) in [5, 5.41) is 13.8. The van der Waals surface area contributed by atoms with Crippen LogP contribution < -0.4 is 5.32 Å². The molecule has 0 radical (unpaired) electrons. The monoisotopic (exact) mass is 301 g/mol. The first-order valence-corrected chi connectivity index (χ1v) is 7.37. The molecule has 0 saturated heterocycles. The van der Waals surface area contributed by atoms with Crippen LogP contribution in [0.15, 0.2) is 59.0 Å². The van der Waals surface area contributed by atoms with Crippen molar-refractivity contribution in [2.75, 3.05) is 17.7 Å². The normalized spacial score (nSPS) is 12.5. The van der Waals surface area contributed by atoms with Crippen LogP contribution >= 0.6 is 11.6 Å². The van der Waals surface area contributed by atoms with Crippen molar-refractivity contribution in [1.29, 1.82) is 0 Å². The quantitative estimate of drug-likeness (QED) is 0.697. The van der Waals surface area contributed by atoms with Crippen LogP contribution in [0.3, 0.4) is 0 Å². The van der Waals surface area contributed by atoms with Crippen LogP contribution in [0, 0.1) is 0 Å². The van der Waals surface area contributed by atoms with Crippen molar-refractivity contribution in [3.05, 3.63) is 54.6 Å². The molecule has 3 rings (SSSR count). The van der Waals surface area contributed by atoms with E-state index in [1.165, 1.54) is 0 Å². The highest BCUT2D eigenvalue weighted by molar-refractivity contribution is 6.18. The van der Waals surface area contributed by atoms with Crippen molar-refractivity contribution >= 4 is 28.3 Å². The summed E-state index contributed by atoms with van der Waals surface area (Å²) < 4.78 is 5.97. The van der Waals surface area contributed by atoms with E-state index in [-0.39, 0.29) is 5.88 Å². The minimum absolute atomic E-state index is 0.205. The second kappa shape index (κ2) is 6.20. The molecule has 3 aromatic rings. The van der Waals surface area contributed by atoms with Crippen molar-refractivity contribution in [3.8, 4) is 11.3 Å². The molecule has 4 heteroatoms. The number of para-hydroxylation sites is 1. The van der Waals surface area contributed by atoms with Gasteiger partial charge in [0.15, 0.2) is 5.58 Å². The van der Waals surface area contributed by atoms with Crippen LogP contribution in [0.1, 0.15) is 0 Å². The van der Waals surface area contributed by atoms with E-state index >= 15 is 0 Å². The molecule has 108 valence electrons. The van der Waals surface area contributed by atoms with E-state index in [2.05, 4.69) is 5.32 Å². The number of aliphatic hydroxyl groups is 1. The molecule has 3 nitrogen and oxygen atoms in total. The average molecular weight is 302 g/mol. The predicted octanol–water partition coefficient (Wildman–Crippen LogP) is 4.11. The number of anilines is 1. The van der Waals surface area contributed by atoms with E-state index in [0.29, 0.717) is 6.54 Å². The third-order valence-electron chi connectivity index (χ3n) is 3.31. The third-order valence-corrected chi connectivity index (χ3v) is 3.66. The maximum atomic E-state index is 9.55. The van der Waals surface area contributed by atoms with E-state index < -0.39 is 6.10 Å². The summed E-state index contributed by atoms with van der Waals surface area (Å²) in [4.78, 5) is 0. The summed E-state index contributed by atoms with van der Waals surface area (Å²) in [7, 11) is 0. The van der Waals surface area contributed by atoms with Gasteiger partial charge in [0, 0.05) is 17.5 Å². The van der Waals surface area contributed by atoms with Crippen molar-refractivity contribution < 1.29 is 9.52 Å². The highest BCUT2D eigenvalue weighted by Crippen LogP contribution is 2.32. The van der Waals surface area contributed by atoms with Gasteiger partial charge in [-0.1, -0.05) is 42.5 Å². The molecule has 21 heavy (non-hydrogen) atoms. The second-order valence-corrected chi connectivity index (χ2v) is 5.20. The Morgan fingerprint density at radius 2 is 1.90 bits per heavy atom. The van der Waals surface area contributed by atoms with Crippen molar-refractivity contribution in [3.63, 3.8) is 0 Å². The van der Waals surface area contributed by atoms with Gasteiger partial charge in [0.2, 0.25) is 0 Å². The number of fused-ring (bicyclic) bond motifs is 1. The Morgan fingerprint density at radius 1 is 1.10 bits per heavy atom. The van der Waals surface area contributed by atoms with E-state index in [1.807, 2.05) is 54.6 Å². The fraction of sp³-hybridized carbons (Fsp3) is 0.176. The highest BCUT2D eigenvalue weighted by Gasteiger charge is 2.10. The van der Waals surface area contributed by atoms with Crippen molar-refractivity contribution in [1.82, 2.24) is 0 Å². The number of halogens is 1. The van der Waals surface area contributed by atoms with Gasteiger partial charge in [-0.25, -0.2) is 0 Å². The summed E-state index contributed by atoms with van der Waals surface area (Å²) in [6.45, 7) is 0.393. The Hall–Kier alpha value is -1.97. The number of aliphatic hydroxyl groups excluding tert-OH is 1. The summed E-state index contributed by atoms with van der Waals surface area (Å²) in [5.74, 6) is 1.04. The number of rotatable bonds is 5. The van der Waals surface area contributed by atoms with Gasteiger partial charge in [-0.05, 0) is 12.1 Å². The fourth-order valence-corrected chi connectivity index (χ4v) is 2.34. The van der Waals surface area contributed by atoms with Gasteiger partial charge in [0.05, 0.1) is 17.7 Å². The summed E-state index contributed by atoms with van der Waals surface area (Å²) in [5.41, 5.74) is 2.69. The third kappa shape index (κ3) is 3.04. The molecule has 0 spiro atoms. The van der Waals surface area contributed by atoms with Crippen LogP contribution in [-0.2, 0) is 0 Å². The van der Waals surface area contributed by atoms with Gasteiger partial charge < -0.3 is 14.8 Å². The maximum absolute atomic E-state index is 9.55. The standard InChI is InChI=1S/C17H16ClNO2/c18-10-14(20)11-19-15-8-4-7-13-9-16(21-17(13)15)12-5-2-1-3-6-12/h1-9,14,19-20H,10-11H2. The highest BCUT2D eigenvalue weighted by atomic mass is 35.5. The molecule has 2 N–H and O–H groups in total. The van der Waals surface area contributed by atoms with E-state index in [1.54, 1.807) is 0 Å². The Kier molecular flexibility index (Phi) is 4.13. The molecule has 1 aromatic heterocycles. The average Bonchev–Trinajstić information content (AvgIpc) is 2.98. The minimum atomic E-state index is -0.578. The molecule has 0 fully saturated rings. The molecule has 2 aromatic carbocycles.